The minimum absolute atomic E-state index is 0.518. The summed E-state index contributed by atoms with van der Waals surface area (Å²) >= 11 is 0. The van der Waals surface area contributed by atoms with Crippen molar-refractivity contribution >= 4 is 5.82 Å². The van der Waals surface area contributed by atoms with Gasteiger partial charge in [-0.25, -0.2) is 0 Å². The largest absolute Gasteiger partial charge is 0.435 e. The smallest absolute Gasteiger partial charge is 0.355 e. The van der Waals surface area contributed by atoms with Crippen LogP contribution in [0.3, 0.4) is 0 Å². The molecule has 2 heterocycles. The maximum Gasteiger partial charge on any atom is 0.435 e. The van der Waals surface area contributed by atoms with Crippen molar-refractivity contribution in [3.63, 3.8) is 0 Å². The Balaban J connectivity index is 1.51. The minimum Gasteiger partial charge on any atom is -0.355 e. The van der Waals surface area contributed by atoms with Crippen LogP contribution in [0.15, 0.2) is 12.1 Å². The molecule has 0 amide bonds. The van der Waals surface area contributed by atoms with Crippen molar-refractivity contribution in [2.75, 3.05) is 24.5 Å². The number of hydrogen-bond acceptors (Lipinski definition) is 4. The fourth-order valence-corrected chi connectivity index (χ4v) is 2.61. The van der Waals surface area contributed by atoms with Crippen molar-refractivity contribution < 1.29 is 13.2 Å². The van der Waals surface area contributed by atoms with Crippen molar-refractivity contribution in [3.8, 4) is 0 Å². The van der Waals surface area contributed by atoms with Crippen LogP contribution < -0.4 is 10.2 Å². The lowest BCUT2D eigenvalue weighted by atomic mass is 10.0. The molecule has 116 valence electrons. The SMILES string of the molecule is FC(F)(F)c1ccc(N2CCC(NCC3CC3)CC2)nn1. The van der Waals surface area contributed by atoms with Crippen LogP contribution in [0.5, 0.6) is 0 Å². The predicted molar refractivity (Wildman–Crippen MR) is 73.0 cm³/mol. The fraction of sp³-hybridized carbons (Fsp3) is 0.714. The van der Waals surface area contributed by atoms with Gasteiger partial charge in [0.15, 0.2) is 11.5 Å². The molecular weight excluding hydrogens is 281 g/mol. The Bertz CT molecular complexity index is 462. The standard InChI is InChI=1S/C14H19F3N4/c15-14(16,17)12-3-4-13(20-19-12)21-7-5-11(6-8-21)18-9-10-1-2-10/h3-4,10-11,18H,1-2,5-9H2. The quantitative estimate of drug-likeness (QED) is 0.927. The number of nitrogens with one attached hydrogen (secondary N) is 1. The molecule has 4 nitrogen and oxygen atoms in total. The molecule has 0 bridgehead atoms. The van der Waals surface area contributed by atoms with Crippen molar-refractivity contribution in [1.29, 1.82) is 0 Å². The zero-order valence-corrected chi connectivity index (χ0v) is 11.7. The van der Waals surface area contributed by atoms with E-state index in [0.717, 1.165) is 44.5 Å². The normalized spacial score (nSPS) is 20.8. The summed E-state index contributed by atoms with van der Waals surface area (Å²) < 4.78 is 37.3. The van der Waals surface area contributed by atoms with Crippen LogP contribution in [-0.4, -0.2) is 35.9 Å². The molecule has 1 N–H and O–H groups in total. The average molecular weight is 300 g/mol. The van der Waals surface area contributed by atoms with Gasteiger partial charge in [0, 0.05) is 19.1 Å². The molecule has 1 aliphatic carbocycles. The molecule has 0 unspecified atom stereocenters. The van der Waals surface area contributed by atoms with Gasteiger partial charge in [-0.1, -0.05) is 0 Å². The van der Waals surface area contributed by atoms with Crippen LogP contribution in [0.2, 0.25) is 0 Å². The number of alkyl halides is 3. The fourth-order valence-electron chi connectivity index (χ4n) is 2.61. The predicted octanol–water partition coefficient (Wildman–Crippen LogP) is 2.46. The molecule has 21 heavy (non-hydrogen) atoms. The lowest BCUT2D eigenvalue weighted by molar-refractivity contribution is -0.141. The molecule has 0 spiro atoms. The first-order chi connectivity index (χ1) is 10.0. The molecular formula is C14H19F3N4. The highest BCUT2D eigenvalue weighted by Gasteiger charge is 2.33. The summed E-state index contributed by atoms with van der Waals surface area (Å²) in [5.74, 6) is 1.40. The highest BCUT2D eigenvalue weighted by Crippen LogP contribution is 2.29. The van der Waals surface area contributed by atoms with Crippen molar-refractivity contribution in [2.45, 2.75) is 37.9 Å². The first-order valence-electron chi connectivity index (χ1n) is 7.41. The van der Waals surface area contributed by atoms with Crippen LogP contribution in [0.4, 0.5) is 19.0 Å². The second kappa shape index (κ2) is 5.79. The Morgan fingerprint density at radius 2 is 1.81 bits per heavy atom. The zero-order chi connectivity index (χ0) is 14.9. The van der Waals surface area contributed by atoms with E-state index in [9.17, 15) is 13.2 Å². The van der Waals surface area contributed by atoms with E-state index < -0.39 is 11.9 Å². The van der Waals surface area contributed by atoms with Gasteiger partial charge >= 0.3 is 6.18 Å². The molecule has 1 aromatic heterocycles. The highest BCUT2D eigenvalue weighted by atomic mass is 19.4. The van der Waals surface area contributed by atoms with Gasteiger partial charge in [0.1, 0.15) is 0 Å². The number of hydrogen-bond donors (Lipinski definition) is 1. The molecule has 1 saturated carbocycles. The van der Waals surface area contributed by atoms with Gasteiger partial charge in [-0.15, -0.1) is 10.2 Å². The molecule has 1 aromatic rings. The number of anilines is 1. The second-order valence-corrected chi connectivity index (χ2v) is 5.89. The average Bonchev–Trinajstić information content (AvgIpc) is 3.29. The van der Waals surface area contributed by atoms with Crippen LogP contribution >= 0.6 is 0 Å². The second-order valence-electron chi connectivity index (χ2n) is 5.89. The lowest BCUT2D eigenvalue weighted by Gasteiger charge is -2.33. The summed E-state index contributed by atoms with van der Waals surface area (Å²) in [6.07, 6.45) is 0.246. The summed E-state index contributed by atoms with van der Waals surface area (Å²) in [4.78, 5) is 2.00. The number of aromatic nitrogens is 2. The summed E-state index contributed by atoms with van der Waals surface area (Å²) in [5.41, 5.74) is -0.938. The van der Waals surface area contributed by atoms with Gasteiger partial charge in [-0.3, -0.25) is 0 Å². The maximum atomic E-state index is 12.4. The minimum atomic E-state index is -4.43. The Morgan fingerprint density at radius 3 is 2.33 bits per heavy atom. The molecule has 7 heteroatoms. The topological polar surface area (TPSA) is 41.0 Å². The van der Waals surface area contributed by atoms with E-state index in [1.165, 1.54) is 18.9 Å². The molecule has 0 radical (unpaired) electrons. The first-order valence-corrected chi connectivity index (χ1v) is 7.41. The van der Waals surface area contributed by atoms with Crippen LogP contribution in [0.25, 0.3) is 0 Å². The summed E-state index contributed by atoms with van der Waals surface area (Å²) in [7, 11) is 0. The van der Waals surface area contributed by atoms with Crippen molar-refractivity contribution in [1.82, 2.24) is 15.5 Å². The van der Waals surface area contributed by atoms with Gasteiger partial charge in [-0.05, 0) is 50.3 Å². The highest BCUT2D eigenvalue weighted by molar-refractivity contribution is 5.38. The summed E-state index contributed by atoms with van der Waals surface area (Å²) in [6, 6.07) is 2.93. The third-order valence-electron chi connectivity index (χ3n) is 4.15. The van der Waals surface area contributed by atoms with Crippen LogP contribution in [-0.2, 0) is 6.18 Å². The third kappa shape index (κ3) is 3.84. The molecule has 1 saturated heterocycles. The number of nitrogens with zero attached hydrogens (tertiary/aromatic N) is 3. The Hall–Kier alpha value is -1.37. The molecule has 3 rings (SSSR count). The van der Waals surface area contributed by atoms with E-state index >= 15 is 0 Å². The first kappa shape index (κ1) is 14.6. The van der Waals surface area contributed by atoms with Crippen LogP contribution in [0, 0.1) is 5.92 Å². The Labute approximate surface area is 121 Å². The molecule has 1 aliphatic heterocycles. The molecule has 2 aliphatic rings. The van der Waals surface area contributed by atoms with Gasteiger partial charge in [0.05, 0.1) is 0 Å². The number of rotatable bonds is 4. The Kier molecular flexibility index (Phi) is 4.01. The van der Waals surface area contributed by atoms with Crippen molar-refractivity contribution in [3.05, 3.63) is 17.8 Å². The van der Waals surface area contributed by atoms with E-state index in [-0.39, 0.29) is 0 Å². The van der Waals surface area contributed by atoms with Gasteiger partial charge in [0.2, 0.25) is 0 Å². The van der Waals surface area contributed by atoms with Gasteiger partial charge in [-0.2, -0.15) is 13.2 Å². The van der Waals surface area contributed by atoms with Crippen LogP contribution in [0.1, 0.15) is 31.4 Å². The van der Waals surface area contributed by atoms with E-state index in [4.69, 9.17) is 0 Å². The number of piperidine rings is 1. The van der Waals surface area contributed by atoms with Crippen molar-refractivity contribution in [2.24, 2.45) is 5.92 Å². The number of halogens is 3. The molecule has 0 atom stereocenters. The molecule has 0 aromatic carbocycles. The molecule has 2 fully saturated rings. The monoisotopic (exact) mass is 300 g/mol. The van der Waals surface area contributed by atoms with E-state index in [0.29, 0.717) is 11.9 Å². The maximum absolute atomic E-state index is 12.4. The van der Waals surface area contributed by atoms with E-state index in [2.05, 4.69) is 15.5 Å². The van der Waals surface area contributed by atoms with E-state index in [1.54, 1.807) is 0 Å². The van der Waals surface area contributed by atoms with E-state index in [1.807, 2.05) is 4.90 Å². The van der Waals surface area contributed by atoms with Gasteiger partial charge in [0.25, 0.3) is 0 Å². The van der Waals surface area contributed by atoms with Gasteiger partial charge < -0.3 is 10.2 Å². The zero-order valence-electron chi connectivity index (χ0n) is 11.7. The third-order valence-corrected chi connectivity index (χ3v) is 4.15. The lowest BCUT2D eigenvalue weighted by Crippen LogP contribution is -2.43. The Morgan fingerprint density at radius 1 is 1.10 bits per heavy atom. The summed E-state index contributed by atoms with van der Waals surface area (Å²) in [6.45, 7) is 2.72. The summed E-state index contributed by atoms with van der Waals surface area (Å²) in [5, 5.41) is 10.6.